The van der Waals surface area contributed by atoms with Crippen LogP contribution in [0.4, 0.5) is 10.1 Å². The molecule has 1 aliphatic heterocycles. The van der Waals surface area contributed by atoms with Crippen LogP contribution in [0.25, 0.3) is 0 Å². The van der Waals surface area contributed by atoms with Crippen LogP contribution in [0.5, 0.6) is 0 Å². The van der Waals surface area contributed by atoms with E-state index in [0.717, 1.165) is 13.1 Å². The normalized spacial score (nSPS) is 13.4. The van der Waals surface area contributed by atoms with Gasteiger partial charge in [-0.15, -0.1) is 0 Å². The number of nitrogens with two attached hydrogens (primary N) is 1. The largest absolute Gasteiger partial charge is 0.384 e. The minimum Gasteiger partial charge on any atom is -0.384 e. The second-order valence-electron chi connectivity index (χ2n) is 4.67. The van der Waals surface area contributed by atoms with Crippen molar-refractivity contribution >= 4 is 11.5 Å². The zero-order valence-corrected chi connectivity index (χ0v) is 10.4. The van der Waals surface area contributed by atoms with Crippen molar-refractivity contribution in [3.8, 4) is 0 Å². The summed E-state index contributed by atoms with van der Waals surface area (Å²) in [6, 6.07) is 12.9. The van der Waals surface area contributed by atoms with Crippen LogP contribution in [0.2, 0.25) is 0 Å². The lowest BCUT2D eigenvalue weighted by Crippen LogP contribution is -2.22. The van der Waals surface area contributed by atoms with Gasteiger partial charge < -0.3 is 10.6 Å². The first kappa shape index (κ1) is 11.7. The van der Waals surface area contributed by atoms with Gasteiger partial charge in [0.05, 0.1) is 11.3 Å². The molecule has 0 unspecified atom stereocenters. The first-order valence-corrected chi connectivity index (χ1v) is 6.11. The molecule has 1 heterocycles. The smallest absolute Gasteiger partial charge is 0.136 e. The molecule has 0 aromatic heterocycles. The molecule has 1 aliphatic rings. The maximum Gasteiger partial charge on any atom is 0.136 e. The van der Waals surface area contributed by atoms with Crippen molar-refractivity contribution in [1.82, 2.24) is 0 Å². The summed E-state index contributed by atoms with van der Waals surface area (Å²) in [6.45, 7) is 1.44. The number of nitrogens with zero attached hydrogens (tertiary/aromatic N) is 1. The quantitative estimate of drug-likeness (QED) is 0.640. The van der Waals surface area contributed by atoms with Gasteiger partial charge in [-0.1, -0.05) is 30.3 Å². The molecule has 96 valence electrons. The lowest BCUT2D eigenvalue weighted by atomic mass is 10.1. The predicted octanol–water partition coefficient (Wildman–Crippen LogP) is 2.63. The van der Waals surface area contributed by atoms with Gasteiger partial charge in [0.2, 0.25) is 0 Å². The van der Waals surface area contributed by atoms with E-state index in [1.165, 1.54) is 17.2 Å². The van der Waals surface area contributed by atoms with Gasteiger partial charge in [-0.25, -0.2) is 4.39 Å². The lowest BCUT2D eigenvalue weighted by molar-refractivity contribution is 0.623. The average molecular weight is 255 g/mol. The molecule has 2 aromatic carbocycles. The maximum atomic E-state index is 13.8. The summed E-state index contributed by atoms with van der Waals surface area (Å²) < 4.78 is 13.8. The highest BCUT2D eigenvalue weighted by molar-refractivity contribution is 6.00. The van der Waals surface area contributed by atoms with Crippen LogP contribution in [0.3, 0.4) is 0 Å². The van der Waals surface area contributed by atoms with Crippen LogP contribution < -0.4 is 10.6 Å². The Bertz CT molecular complexity index is 627. The van der Waals surface area contributed by atoms with Crippen LogP contribution in [0.15, 0.2) is 42.5 Å². The van der Waals surface area contributed by atoms with E-state index in [1.807, 2.05) is 23.1 Å². The average Bonchev–Trinajstić information content (AvgIpc) is 2.81. The number of hydrogen-bond donors (Lipinski definition) is 2. The minimum atomic E-state index is -0.444. The highest BCUT2D eigenvalue weighted by Crippen LogP contribution is 2.31. The molecule has 0 radical (unpaired) electrons. The summed E-state index contributed by atoms with van der Waals surface area (Å²) >= 11 is 0. The number of nitrogens with one attached hydrogen (secondary N) is 1. The number of amidine groups is 1. The standard InChI is InChI=1S/C15H14FN3/c16-12-6-3-7-13(14(12)15(17)18)19-8-10-4-1-2-5-11(10)9-19/h1-7H,8-9H2,(H3,17,18). The van der Waals surface area contributed by atoms with Gasteiger partial charge in [-0.3, -0.25) is 5.41 Å². The van der Waals surface area contributed by atoms with Gasteiger partial charge in [-0.2, -0.15) is 0 Å². The summed E-state index contributed by atoms with van der Waals surface area (Å²) in [5.74, 6) is -0.676. The van der Waals surface area contributed by atoms with Gasteiger partial charge in [0.15, 0.2) is 0 Å². The fourth-order valence-electron chi connectivity index (χ4n) is 2.55. The predicted molar refractivity (Wildman–Crippen MR) is 73.7 cm³/mol. The fraction of sp³-hybridized carbons (Fsp3) is 0.133. The van der Waals surface area contributed by atoms with Gasteiger partial charge >= 0.3 is 0 Å². The Morgan fingerprint density at radius 3 is 2.26 bits per heavy atom. The number of halogens is 1. The van der Waals surface area contributed by atoms with Crippen molar-refractivity contribution in [2.75, 3.05) is 4.90 Å². The first-order chi connectivity index (χ1) is 9.16. The summed E-state index contributed by atoms with van der Waals surface area (Å²) in [5, 5.41) is 7.55. The third kappa shape index (κ3) is 1.95. The molecule has 0 amide bonds. The van der Waals surface area contributed by atoms with Crippen molar-refractivity contribution in [3.63, 3.8) is 0 Å². The van der Waals surface area contributed by atoms with Gasteiger partial charge in [-0.05, 0) is 23.3 Å². The van der Waals surface area contributed by atoms with E-state index < -0.39 is 5.82 Å². The second-order valence-corrected chi connectivity index (χ2v) is 4.67. The molecule has 0 fully saturated rings. The van der Waals surface area contributed by atoms with E-state index in [2.05, 4.69) is 12.1 Å². The molecular weight excluding hydrogens is 241 g/mol. The van der Waals surface area contributed by atoms with Gasteiger partial charge in [0.25, 0.3) is 0 Å². The molecule has 0 saturated heterocycles. The highest BCUT2D eigenvalue weighted by atomic mass is 19.1. The number of benzene rings is 2. The molecule has 0 saturated carbocycles. The van der Waals surface area contributed by atoms with Gasteiger partial charge in [0, 0.05) is 13.1 Å². The lowest BCUT2D eigenvalue weighted by Gasteiger charge is -2.21. The number of nitrogen functional groups attached to an aromatic ring is 1. The van der Waals surface area contributed by atoms with Crippen molar-refractivity contribution < 1.29 is 4.39 Å². The van der Waals surface area contributed by atoms with Crippen LogP contribution >= 0.6 is 0 Å². The molecule has 3 rings (SSSR count). The van der Waals surface area contributed by atoms with Crippen molar-refractivity contribution in [2.24, 2.45) is 5.73 Å². The third-order valence-corrected chi connectivity index (χ3v) is 3.44. The Balaban J connectivity index is 2.02. The van der Waals surface area contributed by atoms with E-state index in [1.54, 1.807) is 6.07 Å². The van der Waals surface area contributed by atoms with Crippen LogP contribution in [-0.2, 0) is 13.1 Å². The van der Waals surface area contributed by atoms with Crippen LogP contribution in [0, 0.1) is 11.2 Å². The Labute approximate surface area is 111 Å². The van der Waals surface area contributed by atoms with Gasteiger partial charge in [0.1, 0.15) is 11.7 Å². The molecule has 4 heteroatoms. The number of fused-ring (bicyclic) bond motifs is 1. The summed E-state index contributed by atoms with van der Waals surface area (Å²) in [4.78, 5) is 2.05. The fourth-order valence-corrected chi connectivity index (χ4v) is 2.55. The molecule has 0 spiro atoms. The van der Waals surface area contributed by atoms with Crippen LogP contribution in [0.1, 0.15) is 16.7 Å². The Kier molecular flexibility index (Phi) is 2.71. The molecule has 2 aromatic rings. The molecule has 0 bridgehead atoms. The molecule has 3 N–H and O–H groups in total. The number of rotatable bonds is 2. The molecule has 3 nitrogen and oxygen atoms in total. The zero-order chi connectivity index (χ0) is 13.4. The van der Waals surface area contributed by atoms with E-state index in [-0.39, 0.29) is 11.4 Å². The summed E-state index contributed by atoms with van der Waals surface area (Å²) in [5.41, 5.74) is 8.85. The zero-order valence-electron chi connectivity index (χ0n) is 10.4. The maximum absolute atomic E-state index is 13.8. The van der Waals surface area contributed by atoms with E-state index >= 15 is 0 Å². The first-order valence-electron chi connectivity index (χ1n) is 6.11. The Morgan fingerprint density at radius 2 is 1.68 bits per heavy atom. The van der Waals surface area contributed by atoms with Crippen LogP contribution in [-0.4, -0.2) is 5.84 Å². The topological polar surface area (TPSA) is 53.1 Å². The third-order valence-electron chi connectivity index (χ3n) is 3.44. The highest BCUT2D eigenvalue weighted by Gasteiger charge is 2.23. The Hall–Kier alpha value is -2.36. The monoisotopic (exact) mass is 255 g/mol. The van der Waals surface area contributed by atoms with E-state index in [0.29, 0.717) is 5.69 Å². The summed E-state index contributed by atoms with van der Waals surface area (Å²) in [7, 11) is 0. The van der Waals surface area contributed by atoms with E-state index in [4.69, 9.17) is 11.1 Å². The SMILES string of the molecule is N=C(N)c1c(F)cccc1N1Cc2ccccc2C1. The summed E-state index contributed by atoms with van der Waals surface area (Å²) in [6.07, 6.45) is 0. The number of hydrogen-bond acceptors (Lipinski definition) is 2. The minimum absolute atomic E-state index is 0.190. The van der Waals surface area contributed by atoms with Crippen molar-refractivity contribution in [1.29, 1.82) is 5.41 Å². The Morgan fingerprint density at radius 1 is 1.05 bits per heavy atom. The molecular formula is C15H14FN3. The van der Waals surface area contributed by atoms with E-state index in [9.17, 15) is 4.39 Å². The number of anilines is 1. The van der Waals surface area contributed by atoms with Crippen molar-refractivity contribution in [2.45, 2.75) is 13.1 Å². The molecule has 0 atom stereocenters. The molecule has 19 heavy (non-hydrogen) atoms. The second kappa shape index (κ2) is 4.39. The molecule has 0 aliphatic carbocycles. The van der Waals surface area contributed by atoms with Crippen molar-refractivity contribution in [3.05, 3.63) is 65.0 Å².